The van der Waals surface area contributed by atoms with E-state index in [1.165, 1.54) is 15.4 Å². The van der Waals surface area contributed by atoms with Crippen molar-refractivity contribution in [3.05, 3.63) is 35.4 Å². The van der Waals surface area contributed by atoms with Crippen molar-refractivity contribution in [3.8, 4) is 0 Å². The molecule has 1 aliphatic rings. The third-order valence-corrected chi connectivity index (χ3v) is 7.43. The Kier molecular flexibility index (Phi) is 7.78. The highest BCUT2D eigenvalue weighted by Crippen LogP contribution is 2.20. The predicted octanol–water partition coefficient (Wildman–Crippen LogP) is 2.41. The Labute approximate surface area is 155 Å². The van der Waals surface area contributed by atoms with E-state index in [2.05, 4.69) is 36.5 Å². The van der Waals surface area contributed by atoms with Gasteiger partial charge in [0.25, 0.3) is 0 Å². The number of sulfonamides is 1. The van der Waals surface area contributed by atoms with Crippen LogP contribution >= 0.6 is 11.8 Å². The van der Waals surface area contributed by atoms with Crippen LogP contribution in [0.25, 0.3) is 0 Å². The van der Waals surface area contributed by atoms with Crippen molar-refractivity contribution in [1.29, 1.82) is 0 Å². The van der Waals surface area contributed by atoms with Gasteiger partial charge in [-0.3, -0.25) is 4.79 Å². The van der Waals surface area contributed by atoms with Crippen LogP contribution in [0.15, 0.2) is 24.3 Å². The van der Waals surface area contributed by atoms with E-state index in [4.69, 9.17) is 0 Å². The van der Waals surface area contributed by atoms with Gasteiger partial charge in [-0.25, -0.2) is 12.7 Å². The maximum absolute atomic E-state index is 12.2. The average Bonchev–Trinajstić information content (AvgIpc) is 2.63. The van der Waals surface area contributed by atoms with E-state index < -0.39 is 10.0 Å². The van der Waals surface area contributed by atoms with Crippen LogP contribution in [0.5, 0.6) is 0 Å². The number of carbonyl (C=O) groups is 1. The molecule has 140 valence electrons. The maximum atomic E-state index is 12.2. The van der Waals surface area contributed by atoms with Crippen LogP contribution in [0.1, 0.15) is 30.9 Å². The second-order valence-electron chi connectivity index (χ2n) is 6.40. The van der Waals surface area contributed by atoms with Gasteiger partial charge < -0.3 is 5.32 Å². The van der Waals surface area contributed by atoms with E-state index in [0.717, 1.165) is 11.5 Å². The monoisotopic (exact) mass is 384 g/mol. The third-order valence-electron chi connectivity index (χ3n) is 4.52. The quantitative estimate of drug-likeness (QED) is 0.699. The van der Waals surface area contributed by atoms with Crippen LogP contribution in [0, 0.1) is 12.8 Å². The standard InChI is InChI=1S/C18H28N2O3S2/c1-3-25(22,23)20-11-8-17(9-12-20)18(21)19-10-13-24-14-16-6-4-15(2)5-7-16/h4-7,17H,3,8-14H2,1-2H3,(H,19,21). The summed E-state index contributed by atoms with van der Waals surface area (Å²) in [5.74, 6) is 1.95. The van der Waals surface area contributed by atoms with Gasteiger partial charge in [-0.2, -0.15) is 11.8 Å². The number of aryl methyl sites for hydroxylation is 1. The number of rotatable bonds is 8. The van der Waals surface area contributed by atoms with Crippen LogP contribution < -0.4 is 5.32 Å². The van der Waals surface area contributed by atoms with Gasteiger partial charge in [0.1, 0.15) is 0 Å². The Hall–Kier alpha value is -1.05. The lowest BCUT2D eigenvalue weighted by atomic mass is 9.97. The zero-order valence-electron chi connectivity index (χ0n) is 15.0. The Morgan fingerprint density at radius 2 is 1.88 bits per heavy atom. The molecule has 0 spiro atoms. The van der Waals surface area contributed by atoms with E-state index in [9.17, 15) is 13.2 Å². The third kappa shape index (κ3) is 6.31. The van der Waals surface area contributed by atoms with Gasteiger partial charge in [-0.1, -0.05) is 29.8 Å². The summed E-state index contributed by atoms with van der Waals surface area (Å²) >= 11 is 1.81. The summed E-state index contributed by atoms with van der Waals surface area (Å²) in [4.78, 5) is 12.2. The lowest BCUT2D eigenvalue weighted by Crippen LogP contribution is -2.43. The summed E-state index contributed by atoms with van der Waals surface area (Å²) in [5, 5.41) is 2.99. The Morgan fingerprint density at radius 1 is 1.24 bits per heavy atom. The molecule has 1 heterocycles. The van der Waals surface area contributed by atoms with Crippen LogP contribution in [-0.2, 0) is 20.6 Å². The lowest BCUT2D eigenvalue weighted by molar-refractivity contribution is -0.125. The van der Waals surface area contributed by atoms with Crippen molar-refractivity contribution < 1.29 is 13.2 Å². The van der Waals surface area contributed by atoms with Crippen LogP contribution in [0.4, 0.5) is 0 Å². The topological polar surface area (TPSA) is 66.5 Å². The van der Waals surface area contributed by atoms with Gasteiger partial charge in [0.15, 0.2) is 0 Å². The molecule has 0 bridgehead atoms. The summed E-state index contributed by atoms with van der Waals surface area (Å²) in [5.41, 5.74) is 2.56. The van der Waals surface area contributed by atoms with Crippen molar-refractivity contribution in [2.75, 3.05) is 31.1 Å². The lowest BCUT2D eigenvalue weighted by Gasteiger charge is -2.30. The minimum Gasteiger partial charge on any atom is -0.355 e. The second-order valence-corrected chi connectivity index (χ2v) is 9.77. The molecule has 7 heteroatoms. The molecular formula is C18H28N2O3S2. The van der Waals surface area contributed by atoms with E-state index in [-0.39, 0.29) is 17.6 Å². The van der Waals surface area contributed by atoms with Gasteiger partial charge in [0, 0.05) is 37.1 Å². The van der Waals surface area contributed by atoms with Crippen molar-refractivity contribution >= 4 is 27.7 Å². The number of benzene rings is 1. The number of hydrogen-bond acceptors (Lipinski definition) is 4. The molecule has 0 radical (unpaired) electrons. The number of piperidine rings is 1. The van der Waals surface area contributed by atoms with Crippen molar-refractivity contribution in [2.45, 2.75) is 32.4 Å². The highest BCUT2D eigenvalue weighted by Gasteiger charge is 2.29. The van der Waals surface area contributed by atoms with Gasteiger partial charge in [0.05, 0.1) is 5.75 Å². The van der Waals surface area contributed by atoms with E-state index in [1.807, 2.05) is 0 Å². The molecule has 25 heavy (non-hydrogen) atoms. The number of nitrogens with one attached hydrogen (secondary N) is 1. The summed E-state index contributed by atoms with van der Waals surface area (Å²) < 4.78 is 25.2. The first-order chi connectivity index (χ1) is 11.9. The minimum atomic E-state index is -3.13. The van der Waals surface area contributed by atoms with Gasteiger partial charge in [-0.15, -0.1) is 0 Å². The number of carbonyl (C=O) groups excluding carboxylic acids is 1. The normalized spacial score (nSPS) is 16.7. The summed E-state index contributed by atoms with van der Waals surface area (Å²) in [6, 6.07) is 8.50. The van der Waals surface area contributed by atoms with Gasteiger partial charge in [0.2, 0.25) is 15.9 Å². The van der Waals surface area contributed by atoms with E-state index in [1.54, 1.807) is 18.7 Å². The fraction of sp³-hybridized carbons (Fsp3) is 0.611. The molecule has 2 rings (SSSR count). The highest BCUT2D eigenvalue weighted by atomic mass is 32.2. The average molecular weight is 385 g/mol. The van der Waals surface area contributed by atoms with Gasteiger partial charge in [-0.05, 0) is 32.3 Å². The molecular weight excluding hydrogens is 356 g/mol. The molecule has 0 aromatic heterocycles. The number of hydrogen-bond donors (Lipinski definition) is 1. The van der Waals surface area contributed by atoms with Gasteiger partial charge >= 0.3 is 0 Å². The minimum absolute atomic E-state index is 0.0597. The van der Waals surface area contributed by atoms with Crippen molar-refractivity contribution in [1.82, 2.24) is 9.62 Å². The molecule has 1 aliphatic heterocycles. The Morgan fingerprint density at radius 3 is 2.48 bits per heavy atom. The maximum Gasteiger partial charge on any atom is 0.223 e. The molecule has 1 N–H and O–H groups in total. The van der Waals surface area contributed by atoms with E-state index in [0.29, 0.717) is 32.5 Å². The number of nitrogens with zero attached hydrogens (tertiary/aromatic N) is 1. The van der Waals surface area contributed by atoms with Crippen LogP contribution in [-0.4, -0.2) is 49.8 Å². The fourth-order valence-electron chi connectivity index (χ4n) is 2.84. The molecule has 0 saturated carbocycles. The molecule has 0 unspecified atom stereocenters. The molecule has 0 atom stereocenters. The summed E-state index contributed by atoms with van der Waals surface area (Å²) in [6.07, 6.45) is 1.23. The molecule has 1 aromatic carbocycles. The molecule has 1 fully saturated rings. The largest absolute Gasteiger partial charge is 0.355 e. The van der Waals surface area contributed by atoms with Crippen LogP contribution in [0.2, 0.25) is 0 Å². The first-order valence-corrected chi connectivity index (χ1v) is 11.6. The fourth-order valence-corrected chi connectivity index (χ4v) is 4.79. The summed E-state index contributed by atoms with van der Waals surface area (Å²) in [7, 11) is -3.13. The molecule has 0 aliphatic carbocycles. The van der Waals surface area contributed by atoms with Crippen molar-refractivity contribution in [3.63, 3.8) is 0 Å². The predicted molar refractivity (Wildman–Crippen MR) is 104 cm³/mol. The second kappa shape index (κ2) is 9.59. The Balaban J connectivity index is 1.62. The molecule has 1 aromatic rings. The first-order valence-electron chi connectivity index (χ1n) is 8.81. The number of thioether (sulfide) groups is 1. The number of amides is 1. The Bertz CT molecular complexity index is 651. The first kappa shape index (κ1) is 20.3. The van der Waals surface area contributed by atoms with E-state index >= 15 is 0 Å². The zero-order chi connectivity index (χ0) is 18.3. The highest BCUT2D eigenvalue weighted by molar-refractivity contribution is 7.98. The van der Waals surface area contributed by atoms with Crippen LogP contribution in [0.3, 0.4) is 0 Å². The SMILES string of the molecule is CCS(=O)(=O)N1CCC(C(=O)NCCSCc2ccc(C)cc2)CC1. The van der Waals surface area contributed by atoms with Crippen molar-refractivity contribution in [2.24, 2.45) is 5.92 Å². The smallest absolute Gasteiger partial charge is 0.223 e. The molecule has 1 amide bonds. The summed E-state index contributed by atoms with van der Waals surface area (Å²) in [6.45, 7) is 5.30. The molecule has 1 saturated heterocycles. The molecule has 5 nitrogen and oxygen atoms in total. The zero-order valence-corrected chi connectivity index (χ0v) is 16.7.